The molecule has 0 aliphatic rings. The molecule has 0 spiro atoms. The van der Waals surface area contributed by atoms with Crippen LogP contribution in [0.1, 0.15) is 5.56 Å². The third kappa shape index (κ3) is 4.30. The molecule has 0 aliphatic carbocycles. The Hall–Kier alpha value is -3.33. The molecule has 0 amide bonds. The first kappa shape index (κ1) is 20.0. The second-order valence-electron chi connectivity index (χ2n) is 6.31. The normalized spacial score (nSPS) is 11.6. The fourth-order valence-electron chi connectivity index (χ4n) is 2.98. The number of aromatic nitrogens is 4. The molecule has 0 N–H and O–H groups in total. The molecule has 10 heteroatoms. The average Bonchev–Trinajstić information content (AvgIpc) is 3.10. The van der Waals surface area contributed by atoms with Gasteiger partial charge in [0, 0.05) is 5.56 Å². The highest BCUT2D eigenvalue weighted by Crippen LogP contribution is 2.30. The van der Waals surface area contributed by atoms with E-state index in [0.717, 1.165) is 11.3 Å². The molecular formula is C20H14ClF3N4O2. The maximum absolute atomic E-state index is 12.4. The van der Waals surface area contributed by atoms with Gasteiger partial charge in [-0.15, -0.1) is 13.2 Å². The van der Waals surface area contributed by atoms with Crippen molar-refractivity contribution in [1.82, 2.24) is 19.5 Å². The van der Waals surface area contributed by atoms with Crippen LogP contribution in [0.25, 0.3) is 22.4 Å². The summed E-state index contributed by atoms with van der Waals surface area (Å²) >= 11 is 6.11. The minimum Gasteiger partial charge on any atom is -0.497 e. The predicted octanol–water partition coefficient (Wildman–Crippen LogP) is 5.10. The predicted molar refractivity (Wildman–Crippen MR) is 105 cm³/mol. The second-order valence-corrected chi connectivity index (χ2v) is 6.64. The average molecular weight is 435 g/mol. The Morgan fingerprint density at radius 1 is 0.967 bits per heavy atom. The number of ether oxygens (including phenoxy) is 2. The Morgan fingerprint density at radius 2 is 1.63 bits per heavy atom. The summed E-state index contributed by atoms with van der Waals surface area (Å²) in [5.74, 6) is 0.424. The van der Waals surface area contributed by atoms with E-state index in [9.17, 15) is 13.2 Å². The lowest BCUT2D eigenvalue weighted by Gasteiger charge is -2.09. The Labute approximate surface area is 173 Å². The Kier molecular flexibility index (Phi) is 5.21. The first-order valence-electron chi connectivity index (χ1n) is 8.70. The van der Waals surface area contributed by atoms with Gasteiger partial charge in [0.1, 0.15) is 22.7 Å². The number of benzene rings is 2. The van der Waals surface area contributed by atoms with Gasteiger partial charge >= 0.3 is 6.36 Å². The van der Waals surface area contributed by atoms with E-state index in [-0.39, 0.29) is 11.0 Å². The van der Waals surface area contributed by atoms with Gasteiger partial charge in [0.2, 0.25) is 5.28 Å². The summed E-state index contributed by atoms with van der Waals surface area (Å²) in [6.07, 6.45) is -3.14. The summed E-state index contributed by atoms with van der Waals surface area (Å²) in [6, 6.07) is 12.9. The summed E-state index contributed by atoms with van der Waals surface area (Å²) in [6.45, 7) is 0.492. The molecule has 6 nitrogen and oxygen atoms in total. The molecule has 4 aromatic rings. The van der Waals surface area contributed by atoms with Crippen LogP contribution < -0.4 is 9.47 Å². The number of hydrogen-bond donors (Lipinski definition) is 0. The molecule has 0 unspecified atom stereocenters. The van der Waals surface area contributed by atoms with Crippen molar-refractivity contribution in [3.8, 4) is 22.8 Å². The van der Waals surface area contributed by atoms with Gasteiger partial charge in [-0.1, -0.05) is 12.1 Å². The zero-order valence-electron chi connectivity index (χ0n) is 15.5. The van der Waals surface area contributed by atoms with E-state index >= 15 is 0 Å². The van der Waals surface area contributed by atoms with Crippen LogP contribution in [0.3, 0.4) is 0 Å². The van der Waals surface area contributed by atoms with Gasteiger partial charge in [-0.25, -0.2) is 9.97 Å². The molecule has 0 fully saturated rings. The van der Waals surface area contributed by atoms with Gasteiger partial charge < -0.3 is 14.0 Å². The fraction of sp³-hybridized carbons (Fsp3) is 0.150. The molecule has 4 rings (SSSR count). The summed E-state index contributed by atoms with van der Waals surface area (Å²) in [5.41, 5.74) is 2.94. The molecule has 0 saturated carbocycles. The van der Waals surface area contributed by atoms with Crippen molar-refractivity contribution in [1.29, 1.82) is 0 Å². The van der Waals surface area contributed by atoms with Crippen molar-refractivity contribution < 1.29 is 22.6 Å². The van der Waals surface area contributed by atoms with Crippen molar-refractivity contribution in [2.24, 2.45) is 0 Å². The summed E-state index contributed by atoms with van der Waals surface area (Å²) in [5, 5.41) is 0.00426. The van der Waals surface area contributed by atoms with Crippen LogP contribution in [-0.4, -0.2) is 33.0 Å². The number of alkyl halides is 3. The Bertz CT molecular complexity index is 1180. The largest absolute Gasteiger partial charge is 0.573 e. The van der Waals surface area contributed by atoms with Crippen LogP contribution in [0, 0.1) is 0 Å². The van der Waals surface area contributed by atoms with Crippen LogP contribution in [0.15, 0.2) is 54.9 Å². The number of imidazole rings is 1. The minimum atomic E-state index is -4.76. The lowest BCUT2D eigenvalue weighted by molar-refractivity contribution is -0.274. The molecule has 2 aromatic carbocycles. The Balaban J connectivity index is 1.68. The standard InChI is InChI=1S/C20H14ClF3N4O2/c1-29-14-6-2-12(3-7-14)10-28-11-25-17-16(26-19(21)27-18(17)28)13-4-8-15(9-5-13)30-20(22,23)24/h2-9,11H,10H2,1H3. The number of rotatable bonds is 5. The van der Waals surface area contributed by atoms with Gasteiger partial charge in [-0.05, 0) is 53.6 Å². The first-order chi connectivity index (χ1) is 14.3. The number of hydrogen-bond acceptors (Lipinski definition) is 5. The Morgan fingerprint density at radius 3 is 2.27 bits per heavy atom. The molecule has 2 heterocycles. The first-order valence-corrected chi connectivity index (χ1v) is 9.08. The summed E-state index contributed by atoms with van der Waals surface area (Å²) in [7, 11) is 1.60. The number of nitrogens with zero attached hydrogens (tertiary/aromatic N) is 4. The van der Waals surface area contributed by atoms with Crippen LogP contribution >= 0.6 is 11.6 Å². The van der Waals surface area contributed by atoms with Gasteiger partial charge in [0.25, 0.3) is 0 Å². The van der Waals surface area contributed by atoms with Gasteiger partial charge in [-0.3, -0.25) is 0 Å². The van der Waals surface area contributed by atoms with Crippen LogP contribution in [0.5, 0.6) is 11.5 Å². The van der Waals surface area contributed by atoms with Crippen molar-refractivity contribution in [2.45, 2.75) is 12.9 Å². The van der Waals surface area contributed by atoms with E-state index in [2.05, 4.69) is 19.7 Å². The minimum absolute atomic E-state index is 0.00426. The molecule has 0 atom stereocenters. The van der Waals surface area contributed by atoms with Gasteiger partial charge in [-0.2, -0.15) is 4.98 Å². The highest BCUT2D eigenvalue weighted by Gasteiger charge is 2.31. The smallest absolute Gasteiger partial charge is 0.497 e. The SMILES string of the molecule is COc1ccc(Cn2cnc3c(-c4ccc(OC(F)(F)F)cc4)nc(Cl)nc32)cc1. The molecule has 2 aromatic heterocycles. The van der Waals surface area contributed by atoms with Crippen molar-refractivity contribution >= 4 is 22.8 Å². The third-order valence-electron chi connectivity index (χ3n) is 4.31. The van der Waals surface area contributed by atoms with Crippen molar-refractivity contribution in [3.63, 3.8) is 0 Å². The lowest BCUT2D eigenvalue weighted by atomic mass is 10.1. The van der Waals surface area contributed by atoms with Gasteiger partial charge in [0.15, 0.2) is 5.65 Å². The van der Waals surface area contributed by atoms with Crippen molar-refractivity contribution in [3.05, 3.63) is 65.7 Å². The molecule has 30 heavy (non-hydrogen) atoms. The van der Waals surface area contributed by atoms with Crippen LogP contribution in [-0.2, 0) is 6.54 Å². The van der Waals surface area contributed by atoms with Crippen LogP contribution in [0.4, 0.5) is 13.2 Å². The van der Waals surface area contributed by atoms with E-state index < -0.39 is 6.36 Å². The van der Waals surface area contributed by atoms with Gasteiger partial charge in [0.05, 0.1) is 20.0 Å². The fourth-order valence-corrected chi connectivity index (χ4v) is 3.14. The highest BCUT2D eigenvalue weighted by molar-refractivity contribution is 6.28. The maximum Gasteiger partial charge on any atom is 0.573 e. The van der Waals surface area contributed by atoms with E-state index in [1.54, 1.807) is 13.4 Å². The zero-order chi connectivity index (χ0) is 21.3. The molecule has 0 saturated heterocycles. The summed E-state index contributed by atoms with van der Waals surface area (Å²) < 4.78 is 48.0. The van der Waals surface area contributed by atoms with Crippen LogP contribution in [0.2, 0.25) is 5.28 Å². The number of methoxy groups -OCH3 is 1. The number of fused-ring (bicyclic) bond motifs is 1. The van der Waals surface area contributed by atoms with E-state index in [1.807, 2.05) is 28.8 Å². The molecule has 154 valence electrons. The van der Waals surface area contributed by atoms with E-state index in [1.165, 1.54) is 24.3 Å². The maximum atomic E-state index is 12.4. The lowest BCUT2D eigenvalue weighted by Crippen LogP contribution is -2.16. The highest BCUT2D eigenvalue weighted by atomic mass is 35.5. The monoisotopic (exact) mass is 434 g/mol. The number of halogens is 4. The summed E-state index contributed by atoms with van der Waals surface area (Å²) in [4.78, 5) is 12.9. The quantitative estimate of drug-likeness (QED) is 0.409. The van der Waals surface area contributed by atoms with E-state index in [0.29, 0.717) is 29.0 Å². The molecule has 0 aliphatic heterocycles. The zero-order valence-corrected chi connectivity index (χ0v) is 16.3. The third-order valence-corrected chi connectivity index (χ3v) is 4.48. The molecule has 0 bridgehead atoms. The molecular weight excluding hydrogens is 421 g/mol. The molecule has 0 radical (unpaired) electrons. The van der Waals surface area contributed by atoms with E-state index in [4.69, 9.17) is 16.3 Å². The second kappa shape index (κ2) is 7.83. The topological polar surface area (TPSA) is 62.1 Å². The van der Waals surface area contributed by atoms with Crippen molar-refractivity contribution in [2.75, 3.05) is 7.11 Å².